The Balaban J connectivity index is 1.86. The highest BCUT2D eigenvalue weighted by Gasteiger charge is 1.98. The molecule has 0 aliphatic heterocycles. The van der Waals surface area contributed by atoms with Crippen LogP contribution in [0.1, 0.15) is 36.5 Å². The average molecular weight is 269 g/mol. The maximum atomic E-state index is 5.79. The Morgan fingerprint density at radius 2 is 1.45 bits per heavy atom. The van der Waals surface area contributed by atoms with Crippen LogP contribution in [-0.2, 0) is 19.6 Å². The predicted molar refractivity (Wildman–Crippen MR) is 83.7 cm³/mol. The first kappa shape index (κ1) is 14.6. The lowest BCUT2D eigenvalue weighted by molar-refractivity contribution is 0.306. The van der Waals surface area contributed by atoms with Crippen molar-refractivity contribution in [2.75, 3.05) is 0 Å². The Morgan fingerprint density at radius 1 is 0.850 bits per heavy atom. The number of nitrogens with two attached hydrogens (primary N) is 1. The summed E-state index contributed by atoms with van der Waals surface area (Å²) in [6.45, 7) is 3.40. The van der Waals surface area contributed by atoms with E-state index in [4.69, 9.17) is 10.5 Å². The Hall–Kier alpha value is -1.80. The van der Waals surface area contributed by atoms with Crippen molar-refractivity contribution in [2.24, 2.45) is 5.73 Å². The molecule has 0 spiro atoms. The predicted octanol–water partition coefficient (Wildman–Crippen LogP) is 4.07. The third kappa shape index (κ3) is 4.39. The number of aryl methyl sites for hydroxylation is 1. The first-order chi connectivity index (χ1) is 9.81. The molecule has 0 bridgehead atoms. The van der Waals surface area contributed by atoms with E-state index in [0.29, 0.717) is 13.2 Å². The van der Waals surface area contributed by atoms with E-state index in [1.54, 1.807) is 0 Å². The molecular formula is C18H23NO. The lowest BCUT2D eigenvalue weighted by Crippen LogP contribution is -1.98. The molecule has 0 aliphatic rings. The molecule has 2 aromatic carbocycles. The smallest absolute Gasteiger partial charge is 0.119 e. The van der Waals surface area contributed by atoms with E-state index in [-0.39, 0.29) is 0 Å². The van der Waals surface area contributed by atoms with Crippen LogP contribution >= 0.6 is 0 Å². The van der Waals surface area contributed by atoms with Crippen molar-refractivity contribution in [3.63, 3.8) is 0 Å². The highest BCUT2D eigenvalue weighted by Crippen LogP contribution is 2.16. The quantitative estimate of drug-likeness (QED) is 0.822. The van der Waals surface area contributed by atoms with Crippen LogP contribution in [0.3, 0.4) is 0 Å². The van der Waals surface area contributed by atoms with Crippen molar-refractivity contribution in [3.05, 3.63) is 65.2 Å². The number of hydrogen-bond donors (Lipinski definition) is 1. The van der Waals surface area contributed by atoms with Gasteiger partial charge < -0.3 is 10.5 Å². The van der Waals surface area contributed by atoms with Gasteiger partial charge in [-0.3, -0.25) is 0 Å². The van der Waals surface area contributed by atoms with Gasteiger partial charge in [-0.25, -0.2) is 0 Å². The molecule has 2 aromatic rings. The average Bonchev–Trinajstić information content (AvgIpc) is 2.52. The van der Waals surface area contributed by atoms with Gasteiger partial charge in [-0.1, -0.05) is 49.7 Å². The number of hydrogen-bond acceptors (Lipinski definition) is 2. The Morgan fingerprint density at radius 3 is 2.05 bits per heavy atom. The topological polar surface area (TPSA) is 35.2 Å². The second-order valence-corrected chi connectivity index (χ2v) is 5.06. The molecule has 20 heavy (non-hydrogen) atoms. The minimum Gasteiger partial charge on any atom is -0.489 e. The summed E-state index contributed by atoms with van der Waals surface area (Å²) in [6.07, 6.45) is 3.63. The van der Waals surface area contributed by atoms with Crippen LogP contribution in [0.4, 0.5) is 0 Å². The maximum absolute atomic E-state index is 5.79. The lowest BCUT2D eigenvalue weighted by atomic mass is 10.1. The van der Waals surface area contributed by atoms with E-state index in [0.717, 1.165) is 23.3 Å². The van der Waals surface area contributed by atoms with E-state index in [1.807, 2.05) is 12.1 Å². The fourth-order valence-corrected chi connectivity index (χ4v) is 2.07. The highest BCUT2D eigenvalue weighted by atomic mass is 16.5. The van der Waals surface area contributed by atoms with Crippen LogP contribution in [0, 0.1) is 0 Å². The first-order valence-corrected chi connectivity index (χ1v) is 7.31. The number of ether oxygens (including phenoxy) is 1. The van der Waals surface area contributed by atoms with Crippen LogP contribution in [0.2, 0.25) is 0 Å². The SMILES string of the molecule is CCCCc1ccc(OCc2ccc(CN)cc2)cc1. The second kappa shape index (κ2) is 7.71. The third-order valence-electron chi connectivity index (χ3n) is 3.41. The maximum Gasteiger partial charge on any atom is 0.119 e. The van der Waals surface area contributed by atoms with E-state index in [2.05, 4.69) is 43.3 Å². The van der Waals surface area contributed by atoms with Crippen molar-refractivity contribution in [1.29, 1.82) is 0 Å². The normalized spacial score (nSPS) is 10.5. The molecule has 0 fully saturated rings. The standard InChI is InChI=1S/C18H23NO/c1-2-3-4-15-9-11-18(12-10-15)20-14-17-7-5-16(13-19)6-8-17/h5-12H,2-4,13-14,19H2,1H3. The van der Waals surface area contributed by atoms with E-state index >= 15 is 0 Å². The zero-order chi connectivity index (χ0) is 14.2. The van der Waals surface area contributed by atoms with Crippen LogP contribution in [-0.4, -0.2) is 0 Å². The van der Waals surface area contributed by atoms with Gasteiger partial charge in [0.2, 0.25) is 0 Å². The molecule has 2 rings (SSSR count). The lowest BCUT2D eigenvalue weighted by Gasteiger charge is -2.08. The van der Waals surface area contributed by atoms with E-state index in [1.165, 1.54) is 18.4 Å². The van der Waals surface area contributed by atoms with Crippen LogP contribution in [0.5, 0.6) is 5.75 Å². The molecule has 106 valence electrons. The number of rotatable bonds is 7. The second-order valence-electron chi connectivity index (χ2n) is 5.06. The van der Waals surface area contributed by atoms with Crippen molar-refractivity contribution in [2.45, 2.75) is 39.3 Å². The summed E-state index contributed by atoms with van der Waals surface area (Å²) in [5.41, 5.74) is 9.27. The summed E-state index contributed by atoms with van der Waals surface area (Å²) in [5, 5.41) is 0. The minimum absolute atomic E-state index is 0.584. The summed E-state index contributed by atoms with van der Waals surface area (Å²) in [7, 11) is 0. The van der Waals surface area contributed by atoms with Crippen molar-refractivity contribution in [3.8, 4) is 5.75 Å². The van der Waals surface area contributed by atoms with Crippen molar-refractivity contribution in [1.82, 2.24) is 0 Å². The van der Waals surface area contributed by atoms with Gasteiger partial charge in [0.25, 0.3) is 0 Å². The molecule has 0 saturated heterocycles. The summed E-state index contributed by atoms with van der Waals surface area (Å²) < 4.78 is 5.79. The van der Waals surface area contributed by atoms with Crippen LogP contribution < -0.4 is 10.5 Å². The number of benzene rings is 2. The molecule has 2 nitrogen and oxygen atoms in total. The Kier molecular flexibility index (Phi) is 5.63. The fourth-order valence-electron chi connectivity index (χ4n) is 2.07. The van der Waals surface area contributed by atoms with Gasteiger partial charge in [-0.2, -0.15) is 0 Å². The van der Waals surface area contributed by atoms with Gasteiger partial charge >= 0.3 is 0 Å². The molecule has 0 amide bonds. The molecule has 2 N–H and O–H groups in total. The first-order valence-electron chi connectivity index (χ1n) is 7.31. The monoisotopic (exact) mass is 269 g/mol. The van der Waals surface area contributed by atoms with Gasteiger partial charge in [0.05, 0.1) is 0 Å². The van der Waals surface area contributed by atoms with E-state index < -0.39 is 0 Å². The summed E-state index contributed by atoms with van der Waals surface area (Å²) in [6, 6.07) is 16.7. The highest BCUT2D eigenvalue weighted by molar-refractivity contribution is 5.28. The summed E-state index contributed by atoms with van der Waals surface area (Å²) in [4.78, 5) is 0. The fraction of sp³-hybridized carbons (Fsp3) is 0.333. The molecule has 2 heteroatoms. The largest absolute Gasteiger partial charge is 0.489 e. The summed E-state index contributed by atoms with van der Waals surface area (Å²) in [5.74, 6) is 0.924. The van der Waals surface area contributed by atoms with Gasteiger partial charge in [0.1, 0.15) is 12.4 Å². The minimum atomic E-state index is 0.584. The van der Waals surface area contributed by atoms with Crippen LogP contribution in [0.15, 0.2) is 48.5 Å². The molecule has 0 unspecified atom stereocenters. The Bertz CT molecular complexity index is 502. The molecule has 0 saturated carbocycles. The number of unbranched alkanes of at least 4 members (excludes halogenated alkanes) is 1. The van der Waals surface area contributed by atoms with Gasteiger partial charge in [0, 0.05) is 6.54 Å². The summed E-state index contributed by atoms with van der Waals surface area (Å²) >= 11 is 0. The molecule has 0 aliphatic carbocycles. The van der Waals surface area contributed by atoms with E-state index in [9.17, 15) is 0 Å². The van der Waals surface area contributed by atoms with Crippen molar-refractivity contribution < 1.29 is 4.74 Å². The Labute approximate surface area is 121 Å². The molecular weight excluding hydrogens is 246 g/mol. The van der Waals surface area contributed by atoms with Crippen LogP contribution in [0.25, 0.3) is 0 Å². The molecule has 0 radical (unpaired) electrons. The zero-order valence-corrected chi connectivity index (χ0v) is 12.1. The molecule has 0 aromatic heterocycles. The molecule has 0 atom stereocenters. The molecule has 0 heterocycles. The van der Waals surface area contributed by atoms with Gasteiger partial charge in [-0.15, -0.1) is 0 Å². The zero-order valence-electron chi connectivity index (χ0n) is 12.1. The van der Waals surface area contributed by atoms with Crippen molar-refractivity contribution >= 4 is 0 Å². The third-order valence-corrected chi connectivity index (χ3v) is 3.41. The van der Waals surface area contributed by atoms with Gasteiger partial charge in [0.15, 0.2) is 0 Å². The van der Waals surface area contributed by atoms with Gasteiger partial charge in [-0.05, 0) is 41.7 Å².